The molecule has 0 spiro atoms. The lowest BCUT2D eigenvalue weighted by Crippen LogP contribution is -2.34. The number of aromatic nitrogens is 5. The fourth-order valence-electron chi connectivity index (χ4n) is 9.08. The third kappa shape index (κ3) is 7.95. The van der Waals surface area contributed by atoms with Crippen LogP contribution >= 0.6 is 57.5 Å². The van der Waals surface area contributed by atoms with Gasteiger partial charge in [0.25, 0.3) is 23.2 Å². The molecule has 2 aliphatic heterocycles. The molecule has 12 nitrogen and oxygen atoms in total. The number of fused-ring (bicyclic) bond motifs is 4. The number of aryl methyl sites for hydroxylation is 1. The van der Waals surface area contributed by atoms with Gasteiger partial charge in [-0.15, -0.1) is 34.0 Å². The number of thioether (sulfide) groups is 1. The van der Waals surface area contributed by atoms with Crippen molar-refractivity contribution in [2.75, 3.05) is 11.4 Å². The number of thiazole rings is 3. The molecule has 17 heteroatoms. The molecule has 0 bridgehead atoms. The zero-order valence-corrected chi connectivity index (χ0v) is 39.2. The van der Waals surface area contributed by atoms with E-state index in [1.54, 1.807) is 23.6 Å². The van der Waals surface area contributed by atoms with Gasteiger partial charge in [0, 0.05) is 58.3 Å². The Balaban J connectivity index is 0.912. The number of hydrogen-bond donors (Lipinski definition) is 0. The lowest BCUT2D eigenvalue weighted by molar-refractivity contribution is -0.132. The van der Waals surface area contributed by atoms with E-state index >= 15 is 0 Å². The molecule has 10 rings (SSSR count). The van der Waals surface area contributed by atoms with E-state index in [-0.39, 0.29) is 28.0 Å². The van der Waals surface area contributed by atoms with Gasteiger partial charge in [0.15, 0.2) is 6.73 Å². The summed E-state index contributed by atoms with van der Waals surface area (Å²) in [6.07, 6.45) is 15.1. The topological polar surface area (TPSA) is 140 Å². The van der Waals surface area contributed by atoms with Crippen molar-refractivity contribution in [2.45, 2.75) is 90.3 Å². The summed E-state index contributed by atoms with van der Waals surface area (Å²) in [6.45, 7) is 4.48. The van der Waals surface area contributed by atoms with E-state index in [0.29, 0.717) is 32.9 Å². The molecule has 3 aromatic carbocycles. The summed E-state index contributed by atoms with van der Waals surface area (Å²) in [4.78, 5) is 66.8. The number of amides is 2. The quantitative estimate of drug-likeness (QED) is 0.0717. The first-order valence-electron chi connectivity index (χ1n) is 21.5. The van der Waals surface area contributed by atoms with Gasteiger partial charge in [-0.05, 0) is 91.5 Å². The van der Waals surface area contributed by atoms with Crippen molar-refractivity contribution < 1.29 is 19.1 Å². The van der Waals surface area contributed by atoms with Crippen molar-refractivity contribution >= 4 is 109 Å². The Morgan fingerprint density at radius 2 is 1.59 bits per heavy atom. The monoisotopic (exact) mass is 945 g/mol. The van der Waals surface area contributed by atoms with Crippen LogP contribution in [0.3, 0.4) is 0 Å². The second-order valence-corrected chi connectivity index (χ2v) is 20.9. The Labute approximate surface area is 389 Å². The average Bonchev–Trinajstić information content (AvgIpc) is 4.18. The van der Waals surface area contributed by atoms with Crippen LogP contribution in [0.5, 0.6) is 0 Å². The van der Waals surface area contributed by atoms with Crippen LogP contribution < -0.4 is 19.7 Å². The van der Waals surface area contributed by atoms with E-state index in [1.165, 1.54) is 74.6 Å². The average molecular weight is 946 g/mol. The summed E-state index contributed by atoms with van der Waals surface area (Å²) in [7, 11) is 0. The highest BCUT2D eigenvalue weighted by molar-refractivity contribution is 8.23. The number of anilines is 2. The molecule has 4 aromatic heterocycles. The summed E-state index contributed by atoms with van der Waals surface area (Å²) >= 11 is 6.08. The molecule has 1 saturated heterocycles. The van der Waals surface area contributed by atoms with Crippen LogP contribution in [0, 0.1) is 6.92 Å². The Morgan fingerprint density at radius 1 is 0.844 bits per heavy atom. The number of imide groups is 1. The number of benzene rings is 3. The molecule has 2 atom stereocenters. The number of nitrogens with zero attached hydrogens (tertiary/aromatic N) is 7. The number of hydrogen-bond acceptors (Lipinski definition) is 15. The maximum atomic E-state index is 13.7. The van der Waals surface area contributed by atoms with Gasteiger partial charge in [-0.25, -0.2) is 9.97 Å². The highest BCUT2D eigenvalue weighted by Gasteiger charge is 2.42. The van der Waals surface area contributed by atoms with Gasteiger partial charge in [-0.2, -0.15) is 8.75 Å². The van der Waals surface area contributed by atoms with Crippen molar-refractivity contribution in [1.82, 2.24) is 28.2 Å². The van der Waals surface area contributed by atoms with E-state index in [1.807, 2.05) is 18.3 Å². The molecule has 0 N–H and O–H groups in total. The van der Waals surface area contributed by atoms with Gasteiger partial charge in [0.2, 0.25) is 0 Å². The molecule has 64 heavy (non-hydrogen) atoms. The van der Waals surface area contributed by atoms with Crippen LogP contribution in [0.2, 0.25) is 0 Å². The second kappa shape index (κ2) is 18.3. The molecule has 326 valence electrons. The van der Waals surface area contributed by atoms with Gasteiger partial charge in [-0.1, -0.05) is 69.2 Å². The summed E-state index contributed by atoms with van der Waals surface area (Å²) in [5.74, 6) is 0.0781. The minimum absolute atomic E-state index is 0.155. The highest BCUT2D eigenvalue weighted by atomic mass is 32.2. The fourth-order valence-corrected chi connectivity index (χ4v) is 13.7. The maximum absolute atomic E-state index is 13.7. The van der Waals surface area contributed by atoms with Gasteiger partial charge in [0.05, 0.1) is 21.1 Å². The van der Waals surface area contributed by atoms with Crippen molar-refractivity contribution in [1.29, 1.82) is 0 Å². The molecule has 2 fully saturated rings. The molecule has 3 aliphatic rings. The number of carbonyl (C=O) groups is 3. The van der Waals surface area contributed by atoms with Crippen molar-refractivity contribution in [3.05, 3.63) is 103 Å². The first-order valence-corrected chi connectivity index (χ1v) is 25.5. The summed E-state index contributed by atoms with van der Waals surface area (Å²) < 4.78 is 16.2. The van der Waals surface area contributed by atoms with Crippen LogP contribution in [-0.4, -0.2) is 58.4 Å². The maximum Gasteiger partial charge on any atom is 0.294 e. The Hall–Kier alpha value is -5.33. The molecule has 7 aromatic rings. The molecule has 1 saturated carbocycles. The summed E-state index contributed by atoms with van der Waals surface area (Å²) in [5.41, 5.74) is 9.17. The predicted octanol–water partition coefficient (Wildman–Crippen LogP) is 10.0. The van der Waals surface area contributed by atoms with Gasteiger partial charge >= 0.3 is 0 Å². The lowest BCUT2D eigenvalue weighted by atomic mass is 9.96. The first-order chi connectivity index (χ1) is 31.3. The third-order valence-electron chi connectivity index (χ3n) is 12.2. The van der Waals surface area contributed by atoms with E-state index in [9.17, 15) is 19.2 Å². The van der Waals surface area contributed by atoms with Gasteiger partial charge in [-0.3, -0.25) is 28.6 Å². The van der Waals surface area contributed by atoms with E-state index in [2.05, 4.69) is 61.2 Å². The lowest BCUT2D eigenvalue weighted by Gasteiger charge is -2.27. The Bertz CT molecular complexity index is 3110. The molecule has 2 amide bonds. The van der Waals surface area contributed by atoms with Gasteiger partial charge in [0.1, 0.15) is 30.6 Å². The van der Waals surface area contributed by atoms with Crippen LogP contribution in [0.15, 0.2) is 71.8 Å². The SMILES string of the molecule is CCCCCCCCN1C(=O)S/C(=c2/s/c(=C/c3cnc(-c4ccc(-c5ncc(-c6ccc7c(c6)C6CCCC6N7c6ccc(C)cc6)s5)c5nsnc45)s3)c(=O)n2COC=O)C1=O. The number of carbonyl (C=O) groups excluding carboxylic acids is 3. The van der Waals surface area contributed by atoms with Crippen LogP contribution in [0.4, 0.5) is 16.2 Å². The molecule has 1 aliphatic carbocycles. The summed E-state index contributed by atoms with van der Waals surface area (Å²) in [6, 6.07) is 20.3. The second-order valence-electron chi connectivity index (χ2n) is 16.3. The van der Waals surface area contributed by atoms with Crippen LogP contribution in [-0.2, 0) is 21.1 Å². The largest absolute Gasteiger partial charge is 0.446 e. The minimum Gasteiger partial charge on any atom is -0.446 e. The zero-order chi connectivity index (χ0) is 43.9. The van der Waals surface area contributed by atoms with E-state index in [4.69, 9.17) is 23.5 Å². The Morgan fingerprint density at radius 3 is 2.38 bits per heavy atom. The Kier molecular flexibility index (Phi) is 12.2. The summed E-state index contributed by atoms with van der Waals surface area (Å²) in [5, 5.41) is 1.19. The molecular formula is C47H43N7O5S5. The minimum atomic E-state index is -0.440. The van der Waals surface area contributed by atoms with Gasteiger partial charge < -0.3 is 9.64 Å². The fraction of sp³-hybridized carbons (Fsp3) is 0.319. The van der Waals surface area contributed by atoms with Crippen molar-refractivity contribution in [3.63, 3.8) is 0 Å². The van der Waals surface area contributed by atoms with Crippen LogP contribution in [0.1, 0.15) is 86.6 Å². The first kappa shape index (κ1) is 42.6. The van der Waals surface area contributed by atoms with E-state index < -0.39 is 11.5 Å². The smallest absolute Gasteiger partial charge is 0.294 e. The number of rotatable bonds is 15. The van der Waals surface area contributed by atoms with Crippen molar-refractivity contribution in [2.24, 2.45) is 0 Å². The standard InChI is InChI=1S/C47H43N7O5S5/c1-3-4-5-6-7-8-20-52-45(57)41(63-47(52)58)46-53(25-59-26-55)44(56)37(62-46)22-30-23-48-42(60-30)32-17-18-33(40-39(32)50-64-51-40)43-49-24-38(61-43)28-14-19-36-34(21-28)31-10-9-11-35(31)54(36)29-15-12-27(2)13-16-29/h12-19,21-24,26,31,35H,3-11,20,25H2,1-2H3/b37-22+,46-41+. The van der Waals surface area contributed by atoms with Crippen molar-refractivity contribution in [3.8, 4) is 31.6 Å². The zero-order valence-electron chi connectivity index (χ0n) is 35.2. The molecule has 0 radical (unpaired) electrons. The third-order valence-corrected chi connectivity index (χ3v) is 17.0. The highest BCUT2D eigenvalue weighted by Crippen LogP contribution is 2.53. The number of unbranched alkanes of at least 4 members (excludes halogenated alkanes) is 5. The van der Waals surface area contributed by atoms with E-state index in [0.717, 1.165) is 99.0 Å². The van der Waals surface area contributed by atoms with Crippen LogP contribution in [0.25, 0.3) is 53.6 Å². The predicted molar refractivity (Wildman–Crippen MR) is 259 cm³/mol. The number of ether oxygens (including phenoxy) is 1. The molecule has 6 heterocycles. The molecular weight excluding hydrogens is 903 g/mol. The molecule has 2 unspecified atom stereocenters. The normalized spacial score (nSPS) is 18.2.